The van der Waals surface area contributed by atoms with Crippen LogP contribution in [0.15, 0.2) is 55.1 Å². The summed E-state index contributed by atoms with van der Waals surface area (Å²) in [6.07, 6.45) is 3.44. The normalized spacial score (nSPS) is 22.9. The number of fused-ring (bicyclic) bond motifs is 3. The number of hydrogen-bond donors (Lipinski definition) is 1. The molecule has 1 N–H and O–H groups in total. The summed E-state index contributed by atoms with van der Waals surface area (Å²) >= 11 is 12.3. The van der Waals surface area contributed by atoms with Crippen molar-refractivity contribution in [2.24, 2.45) is 0 Å². The molecule has 0 radical (unpaired) electrons. The maximum absolute atomic E-state index is 13.2. The predicted molar refractivity (Wildman–Crippen MR) is 131 cm³/mol. The molecule has 0 aliphatic carbocycles. The van der Waals surface area contributed by atoms with Gasteiger partial charge in [0.15, 0.2) is 5.69 Å². The zero-order valence-electron chi connectivity index (χ0n) is 18.2. The van der Waals surface area contributed by atoms with Gasteiger partial charge in [0.05, 0.1) is 35.3 Å². The van der Waals surface area contributed by atoms with Crippen LogP contribution in [0.2, 0.25) is 10.0 Å². The second-order valence-electron chi connectivity index (χ2n) is 8.74. The van der Waals surface area contributed by atoms with E-state index in [0.717, 1.165) is 35.9 Å². The molecule has 33 heavy (non-hydrogen) atoms. The third kappa shape index (κ3) is 4.53. The number of hydrogen-bond acceptors (Lipinski definition) is 4. The first-order valence-electron chi connectivity index (χ1n) is 11.2. The molecule has 2 bridgehead atoms. The Morgan fingerprint density at radius 2 is 1.91 bits per heavy atom. The third-order valence-electron chi connectivity index (χ3n) is 6.53. The fourth-order valence-electron chi connectivity index (χ4n) is 5.02. The van der Waals surface area contributed by atoms with Crippen LogP contribution >= 0.6 is 23.2 Å². The number of piperidine rings is 1. The van der Waals surface area contributed by atoms with Crippen LogP contribution in [-0.4, -0.2) is 51.9 Å². The zero-order chi connectivity index (χ0) is 22.9. The van der Waals surface area contributed by atoms with E-state index in [1.165, 1.54) is 0 Å². The summed E-state index contributed by atoms with van der Waals surface area (Å²) in [5, 5.41) is 9.82. The van der Waals surface area contributed by atoms with Crippen LogP contribution in [0.25, 0.3) is 10.9 Å². The highest BCUT2D eigenvalue weighted by atomic mass is 35.5. The molecule has 2 fully saturated rings. The van der Waals surface area contributed by atoms with Crippen LogP contribution in [0.1, 0.15) is 28.9 Å². The lowest BCUT2D eigenvalue weighted by Gasteiger charge is -2.48. The molecule has 3 heterocycles. The number of morpholine rings is 1. The highest BCUT2D eigenvalue weighted by Crippen LogP contribution is 2.31. The van der Waals surface area contributed by atoms with Gasteiger partial charge in [0.1, 0.15) is 0 Å². The first-order valence-corrected chi connectivity index (χ1v) is 11.9. The molecule has 3 aromatic rings. The number of carbonyl (C=O) groups excluding carboxylic acids is 1. The molecule has 3 atom stereocenters. The number of benzene rings is 2. The number of nitrogens with zero attached hydrogens (tertiary/aromatic N) is 3. The summed E-state index contributed by atoms with van der Waals surface area (Å²) in [5.41, 5.74) is 2.53. The minimum absolute atomic E-state index is 0.0739. The van der Waals surface area contributed by atoms with Crippen molar-refractivity contribution in [1.29, 1.82) is 0 Å². The van der Waals surface area contributed by atoms with Crippen molar-refractivity contribution in [1.82, 2.24) is 20.0 Å². The molecule has 1 aromatic heterocycles. The summed E-state index contributed by atoms with van der Waals surface area (Å²) in [4.78, 5) is 15.7. The van der Waals surface area contributed by atoms with E-state index in [4.69, 9.17) is 27.9 Å². The number of aromatic nitrogens is 2. The predicted octanol–water partition coefficient (Wildman–Crippen LogP) is 4.69. The Hall–Kier alpha value is -2.38. The molecule has 2 aromatic carbocycles. The average molecular weight is 485 g/mol. The number of nitrogens with one attached hydrogen (secondary N) is 1. The zero-order valence-corrected chi connectivity index (χ0v) is 19.7. The molecule has 1 amide bonds. The van der Waals surface area contributed by atoms with Crippen molar-refractivity contribution < 1.29 is 9.53 Å². The maximum atomic E-state index is 13.2. The van der Waals surface area contributed by atoms with Gasteiger partial charge in [0, 0.05) is 30.1 Å². The number of allylic oxidation sites excluding steroid dienone is 1. The molecule has 2 aliphatic heterocycles. The van der Waals surface area contributed by atoms with Gasteiger partial charge in [-0.2, -0.15) is 5.10 Å². The first-order chi connectivity index (χ1) is 16.0. The van der Waals surface area contributed by atoms with Crippen molar-refractivity contribution in [2.45, 2.75) is 44.1 Å². The van der Waals surface area contributed by atoms with Gasteiger partial charge in [-0.05, 0) is 36.6 Å². The Morgan fingerprint density at radius 1 is 1.15 bits per heavy atom. The molecule has 8 heteroatoms. The van der Waals surface area contributed by atoms with Gasteiger partial charge in [-0.1, -0.05) is 53.5 Å². The van der Waals surface area contributed by atoms with Crippen LogP contribution in [-0.2, 0) is 17.8 Å². The van der Waals surface area contributed by atoms with Crippen molar-refractivity contribution in [2.75, 3.05) is 13.2 Å². The van der Waals surface area contributed by atoms with Crippen molar-refractivity contribution in [3.8, 4) is 0 Å². The molecule has 0 spiro atoms. The van der Waals surface area contributed by atoms with E-state index in [9.17, 15) is 4.79 Å². The van der Waals surface area contributed by atoms with Crippen LogP contribution < -0.4 is 5.32 Å². The molecule has 0 saturated carbocycles. The highest BCUT2D eigenvalue weighted by molar-refractivity contribution is 6.42. The SMILES string of the molecule is C=CCn1nc(C(=O)NC2C[C@H]3COC[C@@H](C2)N3Cc2ccc(Cl)c(Cl)c2)c2ccccc21. The smallest absolute Gasteiger partial charge is 0.272 e. The third-order valence-corrected chi connectivity index (χ3v) is 7.27. The number of halogens is 2. The number of carbonyl (C=O) groups is 1. The summed E-state index contributed by atoms with van der Waals surface area (Å²) in [7, 11) is 0. The van der Waals surface area contributed by atoms with E-state index < -0.39 is 0 Å². The van der Waals surface area contributed by atoms with Crippen molar-refractivity contribution >= 4 is 40.0 Å². The van der Waals surface area contributed by atoms with E-state index in [2.05, 4.69) is 21.9 Å². The van der Waals surface area contributed by atoms with Gasteiger partial charge in [-0.3, -0.25) is 14.4 Å². The monoisotopic (exact) mass is 484 g/mol. The second kappa shape index (κ2) is 9.47. The first kappa shape index (κ1) is 22.4. The van der Waals surface area contributed by atoms with Crippen LogP contribution in [0.4, 0.5) is 0 Å². The van der Waals surface area contributed by atoms with Gasteiger partial charge in [0.25, 0.3) is 5.91 Å². The number of ether oxygens (including phenoxy) is 1. The standard InChI is InChI=1S/C25H26Cl2N4O2/c1-2-9-31-23-6-4-3-5-20(23)24(29-31)25(32)28-17-11-18-14-33-15-19(12-17)30(18)13-16-7-8-21(26)22(27)10-16/h2-8,10,17-19H,1,9,11-15H2,(H,28,32)/t17?,18-,19+. The second-order valence-corrected chi connectivity index (χ2v) is 9.56. The van der Waals surface area contributed by atoms with E-state index >= 15 is 0 Å². The molecular formula is C25H26Cl2N4O2. The maximum Gasteiger partial charge on any atom is 0.272 e. The molecular weight excluding hydrogens is 459 g/mol. The topological polar surface area (TPSA) is 59.4 Å². The summed E-state index contributed by atoms with van der Waals surface area (Å²) in [6, 6.07) is 14.1. The minimum atomic E-state index is -0.129. The van der Waals surface area contributed by atoms with Crippen LogP contribution in [0.3, 0.4) is 0 Å². The molecule has 5 rings (SSSR count). The van der Waals surface area contributed by atoms with E-state index in [-0.39, 0.29) is 24.0 Å². The van der Waals surface area contributed by atoms with Crippen LogP contribution in [0.5, 0.6) is 0 Å². The Kier molecular flexibility index (Phi) is 6.43. The van der Waals surface area contributed by atoms with Crippen molar-refractivity contribution in [3.63, 3.8) is 0 Å². The van der Waals surface area contributed by atoms with Gasteiger partial charge in [-0.25, -0.2) is 0 Å². The van der Waals surface area contributed by atoms with E-state index in [0.29, 0.717) is 35.5 Å². The van der Waals surface area contributed by atoms with E-state index in [1.807, 2.05) is 47.1 Å². The average Bonchev–Trinajstić information content (AvgIpc) is 3.16. The minimum Gasteiger partial charge on any atom is -0.378 e. The van der Waals surface area contributed by atoms with Gasteiger partial charge in [-0.15, -0.1) is 6.58 Å². The van der Waals surface area contributed by atoms with Crippen molar-refractivity contribution in [3.05, 3.63) is 76.4 Å². The Balaban J connectivity index is 1.30. The van der Waals surface area contributed by atoms with Crippen LogP contribution in [0, 0.1) is 0 Å². The summed E-state index contributed by atoms with van der Waals surface area (Å²) in [5.74, 6) is -0.129. The molecule has 2 aliphatic rings. The quantitative estimate of drug-likeness (QED) is 0.515. The Morgan fingerprint density at radius 3 is 2.64 bits per heavy atom. The lowest BCUT2D eigenvalue weighted by Crippen LogP contribution is -2.60. The Labute approximate surface area is 203 Å². The number of rotatable bonds is 6. The number of amides is 1. The molecule has 1 unspecified atom stereocenters. The summed E-state index contributed by atoms with van der Waals surface area (Å²) in [6.45, 7) is 6.45. The summed E-state index contributed by atoms with van der Waals surface area (Å²) < 4.78 is 7.67. The lowest BCUT2D eigenvalue weighted by atomic mass is 9.89. The molecule has 2 saturated heterocycles. The lowest BCUT2D eigenvalue weighted by molar-refractivity contribution is -0.0843. The van der Waals surface area contributed by atoms with Gasteiger partial charge in [0.2, 0.25) is 0 Å². The van der Waals surface area contributed by atoms with E-state index in [1.54, 1.807) is 6.08 Å². The fraction of sp³-hybridized carbons (Fsp3) is 0.360. The van der Waals surface area contributed by atoms with Gasteiger partial charge >= 0.3 is 0 Å². The highest BCUT2D eigenvalue weighted by Gasteiger charge is 2.39. The fourth-order valence-corrected chi connectivity index (χ4v) is 5.35. The largest absolute Gasteiger partial charge is 0.378 e. The van der Waals surface area contributed by atoms with Gasteiger partial charge < -0.3 is 10.1 Å². The number of para-hydroxylation sites is 1. The molecule has 6 nitrogen and oxygen atoms in total. The molecule has 172 valence electrons. The Bertz CT molecular complexity index is 1180.